The van der Waals surface area contributed by atoms with Gasteiger partial charge in [0, 0.05) is 25.6 Å². The molecular weight excluding hydrogens is 397 g/mol. The van der Waals surface area contributed by atoms with Gasteiger partial charge in [0.2, 0.25) is 5.91 Å². The summed E-state index contributed by atoms with van der Waals surface area (Å²) in [5.41, 5.74) is 8.31. The van der Waals surface area contributed by atoms with Gasteiger partial charge in [0.15, 0.2) is 0 Å². The van der Waals surface area contributed by atoms with Crippen LogP contribution in [0, 0.1) is 0 Å². The Labute approximate surface area is 176 Å². The molecule has 2 aromatic carbocycles. The first-order valence-corrected chi connectivity index (χ1v) is 9.50. The predicted molar refractivity (Wildman–Crippen MR) is 114 cm³/mol. The van der Waals surface area contributed by atoms with Gasteiger partial charge in [-0.05, 0) is 36.6 Å². The Morgan fingerprint density at radius 1 is 1.18 bits per heavy atom. The molecule has 0 radical (unpaired) electrons. The molecule has 7 heteroatoms. The lowest BCUT2D eigenvalue weighted by Crippen LogP contribution is -2.53. The first-order valence-electron chi connectivity index (χ1n) is 9.13. The quantitative estimate of drug-likeness (QED) is 0.777. The summed E-state index contributed by atoms with van der Waals surface area (Å²) in [5.74, 6) is -0.395. The van der Waals surface area contributed by atoms with E-state index in [0.717, 1.165) is 11.1 Å². The molecule has 0 spiro atoms. The summed E-state index contributed by atoms with van der Waals surface area (Å²) in [5, 5.41) is 3.31. The second kappa shape index (κ2) is 9.92. The molecule has 2 amide bonds. The number of amides is 2. The van der Waals surface area contributed by atoms with E-state index >= 15 is 0 Å². The monoisotopic (exact) mass is 421 g/mol. The van der Waals surface area contributed by atoms with E-state index in [-0.39, 0.29) is 30.3 Å². The van der Waals surface area contributed by atoms with Gasteiger partial charge < -0.3 is 16.0 Å². The molecule has 1 aliphatic heterocycles. The van der Waals surface area contributed by atoms with E-state index in [0.29, 0.717) is 36.5 Å². The summed E-state index contributed by atoms with van der Waals surface area (Å²) in [4.78, 5) is 27.6. The van der Waals surface area contributed by atoms with Gasteiger partial charge in [0.25, 0.3) is 5.91 Å². The molecule has 2 aromatic rings. The fourth-order valence-electron chi connectivity index (χ4n) is 3.30. The first kappa shape index (κ1) is 22.2. The zero-order valence-corrected chi connectivity index (χ0v) is 17.3. The Morgan fingerprint density at radius 2 is 1.82 bits per heavy atom. The molecule has 3 rings (SSSR count). The van der Waals surface area contributed by atoms with Crippen LogP contribution in [0.4, 0.5) is 0 Å². The maximum absolute atomic E-state index is 13.2. The Hall–Kier alpha value is -2.08. The summed E-state index contributed by atoms with van der Waals surface area (Å²) >= 11 is 6.22. The molecule has 150 valence electrons. The van der Waals surface area contributed by atoms with Crippen molar-refractivity contribution in [3.63, 3.8) is 0 Å². The van der Waals surface area contributed by atoms with Crippen LogP contribution in [0.2, 0.25) is 5.02 Å². The van der Waals surface area contributed by atoms with Gasteiger partial charge in [0.05, 0.1) is 10.6 Å². The molecule has 0 saturated carbocycles. The Kier molecular flexibility index (Phi) is 7.87. The van der Waals surface area contributed by atoms with Crippen molar-refractivity contribution in [2.45, 2.75) is 38.4 Å². The second-order valence-corrected chi connectivity index (χ2v) is 7.37. The van der Waals surface area contributed by atoms with Crippen LogP contribution in [0.15, 0.2) is 48.5 Å². The standard InChI is InChI=1S/C21H24ClN3O2.ClH/c1-14(23)10-11-24-20(26)19-12-15-6-2-3-7-16(15)13-25(19)21(27)17-8-4-5-9-18(17)22;/h2-9,14,19H,10-13,23H2,1H3,(H,24,26);1H. The zero-order valence-electron chi connectivity index (χ0n) is 15.7. The fraction of sp³-hybridized carbons (Fsp3) is 0.333. The van der Waals surface area contributed by atoms with E-state index in [2.05, 4.69) is 5.32 Å². The number of fused-ring (bicyclic) bond motifs is 1. The van der Waals surface area contributed by atoms with Gasteiger partial charge in [-0.15, -0.1) is 12.4 Å². The van der Waals surface area contributed by atoms with Crippen LogP contribution < -0.4 is 11.1 Å². The SMILES string of the molecule is CC(N)CCNC(=O)C1Cc2ccccc2CN1C(=O)c1ccccc1Cl.Cl. The van der Waals surface area contributed by atoms with Gasteiger partial charge in [0.1, 0.15) is 6.04 Å². The number of benzene rings is 2. The van der Waals surface area contributed by atoms with Crippen LogP contribution in [0.1, 0.15) is 34.8 Å². The normalized spacial score (nSPS) is 16.5. The minimum absolute atomic E-state index is 0. The van der Waals surface area contributed by atoms with Crippen LogP contribution in [0.3, 0.4) is 0 Å². The van der Waals surface area contributed by atoms with Gasteiger partial charge in [-0.25, -0.2) is 0 Å². The van der Waals surface area contributed by atoms with Gasteiger partial charge >= 0.3 is 0 Å². The highest BCUT2D eigenvalue weighted by molar-refractivity contribution is 6.33. The van der Waals surface area contributed by atoms with Crippen LogP contribution in [-0.4, -0.2) is 35.3 Å². The van der Waals surface area contributed by atoms with Crippen molar-refractivity contribution < 1.29 is 9.59 Å². The number of hydrogen-bond acceptors (Lipinski definition) is 3. The van der Waals surface area contributed by atoms with Gasteiger partial charge in [-0.3, -0.25) is 9.59 Å². The number of hydrogen-bond donors (Lipinski definition) is 2. The molecule has 0 bridgehead atoms. The van der Waals surface area contributed by atoms with E-state index in [4.69, 9.17) is 17.3 Å². The number of carbonyl (C=O) groups is 2. The van der Waals surface area contributed by atoms with Crippen LogP contribution in [0.25, 0.3) is 0 Å². The van der Waals surface area contributed by atoms with Crippen LogP contribution in [-0.2, 0) is 17.8 Å². The molecule has 1 heterocycles. The van der Waals surface area contributed by atoms with E-state index in [9.17, 15) is 9.59 Å². The highest BCUT2D eigenvalue weighted by Gasteiger charge is 2.35. The highest BCUT2D eigenvalue weighted by atomic mass is 35.5. The predicted octanol–water partition coefficient (Wildman–Crippen LogP) is 3.18. The van der Waals surface area contributed by atoms with E-state index in [1.54, 1.807) is 29.2 Å². The summed E-state index contributed by atoms with van der Waals surface area (Å²) in [7, 11) is 0. The van der Waals surface area contributed by atoms with Gasteiger partial charge in [-0.1, -0.05) is 48.0 Å². The third-order valence-electron chi connectivity index (χ3n) is 4.82. The van der Waals surface area contributed by atoms with Crippen molar-refractivity contribution in [3.05, 3.63) is 70.2 Å². The minimum atomic E-state index is -0.572. The summed E-state index contributed by atoms with van der Waals surface area (Å²) < 4.78 is 0. The molecule has 28 heavy (non-hydrogen) atoms. The number of nitrogens with two attached hydrogens (primary N) is 1. The molecule has 3 N–H and O–H groups in total. The first-order chi connectivity index (χ1) is 13.0. The topological polar surface area (TPSA) is 75.4 Å². The maximum atomic E-state index is 13.2. The second-order valence-electron chi connectivity index (χ2n) is 6.96. The summed E-state index contributed by atoms with van der Waals surface area (Å²) in [6, 6.07) is 14.3. The molecular formula is C21H25Cl2N3O2. The lowest BCUT2D eigenvalue weighted by atomic mass is 9.92. The number of rotatable bonds is 5. The third-order valence-corrected chi connectivity index (χ3v) is 5.14. The van der Waals surface area contributed by atoms with Crippen molar-refractivity contribution in [1.29, 1.82) is 0 Å². The number of carbonyl (C=O) groups excluding carboxylic acids is 2. The van der Waals surface area contributed by atoms with Crippen molar-refractivity contribution in [2.24, 2.45) is 5.73 Å². The summed E-state index contributed by atoms with van der Waals surface area (Å²) in [6.07, 6.45) is 1.17. The molecule has 0 saturated heterocycles. The summed E-state index contributed by atoms with van der Waals surface area (Å²) in [6.45, 7) is 2.77. The largest absolute Gasteiger partial charge is 0.354 e. The van der Waals surface area contributed by atoms with E-state index in [1.165, 1.54) is 0 Å². The Morgan fingerprint density at radius 3 is 2.50 bits per heavy atom. The molecule has 1 aliphatic rings. The van der Waals surface area contributed by atoms with Crippen molar-refractivity contribution in [2.75, 3.05) is 6.54 Å². The zero-order chi connectivity index (χ0) is 19.4. The Balaban J connectivity index is 0.00000280. The van der Waals surface area contributed by atoms with Gasteiger partial charge in [-0.2, -0.15) is 0 Å². The van der Waals surface area contributed by atoms with E-state index < -0.39 is 6.04 Å². The highest BCUT2D eigenvalue weighted by Crippen LogP contribution is 2.27. The molecule has 2 unspecified atom stereocenters. The Bertz CT molecular complexity index is 842. The van der Waals surface area contributed by atoms with Crippen molar-refractivity contribution in [1.82, 2.24) is 10.2 Å². The maximum Gasteiger partial charge on any atom is 0.256 e. The average Bonchev–Trinajstić information content (AvgIpc) is 2.66. The van der Waals surface area contributed by atoms with Crippen LogP contribution >= 0.6 is 24.0 Å². The molecule has 2 atom stereocenters. The molecule has 0 fully saturated rings. The van der Waals surface area contributed by atoms with Crippen molar-refractivity contribution in [3.8, 4) is 0 Å². The number of nitrogens with zero attached hydrogens (tertiary/aromatic N) is 1. The molecule has 0 aromatic heterocycles. The molecule has 5 nitrogen and oxygen atoms in total. The fourth-order valence-corrected chi connectivity index (χ4v) is 3.52. The van der Waals surface area contributed by atoms with E-state index in [1.807, 2.05) is 31.2 Å². The molecule has 0 aliphatic carbocycles. The third kappa shape index (κ3) is 5.04. The lowest BCUT2D eigenvalue weighted by Gasteiger charge is -2.36. The lowest BCUT2D eigenvalue weighted by molar-refractivity contribution is -0.126. The van der Waals surface area contributed by atoms with Crippen molar-refractivity contribution >= 4 is 35.8 Å². The number of halogens is 2. The minimum Gasteiger partial charge on any atom is -0.354 e. The average molecular weight is 422 g/mol. The number of nitrogens with one attached hydrogen (secondary N) is 1. The van der Waals surface area contributed by atoms with Crippen LogP contribution in [0.5, 0.6) is 0 Å². The smallest absolute Gasteiger partial charge is 0.256 e.